The second kappa shape index (κ2) is 9.15. The zero-order chi connectivity index (χ0) is 21.7. The molecule has 0 saturated carbocycles. The summed E-state index contributed by atoms with van der Waals surface area (Å²) in [7, 11) is 1.60. The normalized spacial score (nSPS) is 17.3. The van der Waals surface area contributed by atoms with Crippen molar-refractivity contribution in [1.82, 2.24) is 15.2 Å². The number of likely N-dealkylation sites (tertiary alicyclic amines) is 1. The van der Waals surface area contributed by atoms with Gasteiger partial charge < -0.3 is 14.8 Å². The highest BCUT2D eigenvalue weighted by atomic mass is 16.6. The first-order valence-electron chi connectivity index (χ1n) is 10.1. The summed E-state index contributed by atoms with van der Waals surface area (Å²) in [5, 5.41) is 3.08. The third kappa shape index (κ3) is 5.28. The number of carbonyl (C=O) groups excluding carboxylic acids is 2. The highest BCUT2D eigenvalue weighted by Gasteiger charge is 2.37. The van der Waals surface area contributed by atoms with Gasteiger partial charge in [0.2, 0.25) is 5.91 Å². The van der Waals surface area contributed by atoms with Gasteiger partial charge in [-0.05, 0) is 63.4 Å². The number of nitrogens with one attached hydrogen (secondary N) is 1. The van der Waals surface area contributed by atoms with E-state index < -0.39 is 23.8 Å². The fraction of sp³-hybridized carbons (Fsp3) is 0.435. The Morgan fingerprint density at radius 1 is 1.20 bits per heavy atom. The van der Waals surface area contributed by atoms with Crippen molar-refractivity contribution in [3.05, 3.63) is 59.9 Å². The summed E-state index contributed by atoms with van der Waals surface area (Å²) in [4.78, 5) is 31.7. The zero-order valence-electron chi connectivity index (χ0n) is 17.9. The van der Waals surface area contributed by atoms with Gasteiger partial charge in [-0.3, -0.25) is 14.7 Å². The third-order valence-corrected chi connectivity index (χ3v) is 4.88. The number of rotatable bonds is 5. The van der Waals surface area contributed by atoms with Gasteiger partial charge in [-0.1, -0.05) is 18.2 Å². The van der Waals surface area contributed by atoms with E-state index in [4.69, 9.17) is 9.47 Å². The average molecular weight is 412 g/mol. The minimum absolute atomic E-state index is 0.225. The monoisotopic (exact) mass is 411 g/mol. The number of hydrogen-bond acceptors (Lipinski definition) is 5. The SMILES string of the molecule is COc1cccc(C(NC(=O)C2CCCN2C(=O)OC(C)(C)C)c2ccccn2)c1. The topological polar surface area (TPSA) is 80.8 Å². The second-order valence-corrected chi connectivity index (χ2v) is 8.30. The summed E-state index contributed by atoms with van der Waals surface area (Å²) in [6.07, 6.45) is 2.58. The van der Waals surface area contributed by atoms with E-state index in [-0.39, 0.29) is 5.91 Å². The number of nitrogens with zero attached hydrogens (tertiary/aromatic N) is 2. The molecule has 1 aromatic carbocycles. The van der Waals surface area contributed by atoms with Crippen molar-refractivity contribution in [3.63, 3.8) is 0 Å². The molecule has 1 fully saturated rings. The molecule has 1 aliphatic rings. The van der Waals surface area contributed by atoms with E-state index in [0.717, 1.165) is 12.0 Å². The fourth-order valence-electron chi connectivity index (χ4n) is 3.51. The maximum absolute atomic E-state index is 13.2. The molecule has 160 valence electrons. The van der Waals surface area contributed by atoms with Crippen molar-refractivity contribution in [2.75, 3.05) is 13.7 Å². The van der Waals surface area contributed by atoms with Gasteiger partial charge in [0.25, 0.3) is 0 Å². The first-order chi connectivity index (χ1) is 14.3. The average Bonchev–Trinajstić information content (AvgIpc) is 3.21. The number of pyridine rings is 1. The molecule has 30 heavy (non-hydrogen) atoms. The number of carbonyl (C=O) groups is 2. The number of ether oxygens (including phenoxy) is 2. The van der Waals surface area contributed by atoms with Gasteiger partial charge in [0, 0.05) is 12.7 Å². The van der Waals surface area contributed by atoms with Gasteiger partial charge in [-0.15, -0.1) is 0 Å². The molecule has 3 rings (SSSR count). The van der Waals surface area contributed by atoms with E-state index in [1.54, 1.807) is 13.3 Å². The quantitative estimate of drug-likeness (QED) is 0.812. The Balaban J connectivity index is 1.83. The van der Waals surface area contributed by atoms with Gasteiger partial charge >= 0.3 is 6.09 Å². The number of methoxy groups -OCH3 is 1. The molecule has 0 spiro atoms. The molecule has 1 N–H and O–H groups in total. The van der Waals surface area contributed by atoms with Gasteiger partial charge in [-0.25, -0.2) is 4.79 Å². The number of amides is 2. The van der Waals surface area contributed by atoms with Crippen LogP contribution in [0.4, 0.5) is 4.79 Å². The van der Waals surface area contributed by atoms with Crippen LogP contribution in [0.15, 0.2) is 48.7 Å². The van der Waals surface area contributed by atoms with Crippen molar-refractivity contribution in [1.29, 1.82) is 0 Å². The third-order valence-electron chi connectivity index (χ3n) is 4.88. The Kier molecular flexibility index (Phi) is 6.59. The summed E-state index contributed by atoms with van der Waals surface area (Å²) in [5.41, 5.74) is 0.946. The van der Waals surface area contributed by atoms with Gasteiger partial charge in [-0.2, -0.15) is 0 Å². The summed E-state index contributed by atoms with van der Waals surface area (Å²) < 4.78 is 10.8. The molecule has 0 radical (unpaired) electrons. The van der Waals surface area contributed by atoms with Gasteiger partial charge in [0.05, 0.1) is 18.8 Å². The molecule has 0 bridgehead atoms. The molecule has 2 atom stereocenters. The zero-order valence-corrected chi connectivity index (χ0v) is 17.9. The van der Waals surface area contributed by atoms with Crippen LogP contribution in [-0.2, 0) is 9.53 Å². The van der Waals surface area contributed by atoms with Crippen LogP contribution in [-0.4, -0.2) is 47.2 Å². The fourth-order valence-corrected chi connectivity index (χ4v) is 3.51. The molecule has 2 heterocycles. The highest BCUT2D eigenvalue weighted by Crippen LogP contribution is 2.26. The lowest BCUT2D eigenvalue weighted by molar-refractivity contribution is -0.126. The van der Waals surface area contributed by atoms with Crippen LogP contribution >= 0.6 is 0 Å². The first-order valence-corrected chi connectivity index (χ1v) is 10.1. The van der Waals surface area contributed by atoms with Crippen LogP contribution < -0.4 is 10.1 Å². The van der Waals surface area contributed by atoms with Crippen LogP contribution in [0.2, 0.25) is 0 Å². The minimum Gasteiger partial charge on any atom is -0.497 e. The second-order valence-electron chi connectivity index (χ2n) is 8.30. The number of aromatic nitrogens is 1. The summed E-state index contributed by atoms with van der Waals surface area (Å²) in [5.74, 6) is 0.468. The van der Waals surface area contributed by atoms with Crippen LogP contribution in [0, 0.1) is 0 Å². The molecule has 2 unspecified atom stereocenters. The van der Waals surface area contributed by atoms with Crippen molar-refractivity contribution in [2.45, 2.75) is 51.3 Å². The predicted molar refractivity (Wildman–Crippen MR) is 113 cm³/mol. The first kappa shape index (κ1) is 21.6. The van der Waals surface area contributed by atoms with Crippen LogP contribution in [0.3, 0.4) is 0 Å². The van der Waals surface area contributed by atoms with Crippen LogP contribution in [0.5, 0.6) is 5.75 Å². The number of hydrogen-bond donors (Lipinski definition) is 1. The maximum Gasteiger partial charge on any atom is 0.410 e. The van der Waals surface area contributed by atoms with Crippen molar-refractivity contribution < 1.29 is 19.1 Å². The molecule has 2 aromatic rings. The summed E-state index contributed by atoms with van der Waals surface area (Å²) >= 11 is 0. The Morgan fingerprint density at radius 2 is 2.00 bits per heavy atom. The lowest BCUT2D eigenvalue weighted by Crippen LogP contribution is -2.48. The van der Waals surface area contributed by atoms with Crippen LogP contribution in [0.1, 0.15) is 50.9 Å². The van der Waals surface area contributed by atoms with Crippen molar-refractivity contribution >= 4 is 12.0 Å². The lowest BCUT2D eigenvalue weighted by atomic mass is 10.0. The Bertz CT molecular complexity index is 880. The summed E-state index contributed by atoms with van der Waals surface area (Å²) in [6.45, 7) is 5.95. The molecular formula is C23H29N3O4. The molecule has 1 aliphatic heterocycles. The Hall–Kier alpha value is -3.09. The maximum atomic E-state index is 13.2. The van der Waals surface area contributed by atoms with Crippen LogP contribution in [0.25, 0.3) is 0 Å². The Morgan fingerprint density at radius 3 is 2.67 bits per heavy atom. The summed E-state index contributed by atoms with van der Waals surface area (Å²) in [6, 6.07) is 12.1. The van der Waals surface area contributed by atoms with E-state index in [1.165, 1.54) is 4.90 Å². The predicted octanol–water partition coefficient (Wildman–Crippen LogP) is 3.70. The van der Waals surface area contributed by atoms with E-state index in [0.29, 0.717) is 24.4 Å². The largest absolute Gasteiger partial charge is 0.497 e. The highest BCUT2D eigenvalue weighted by molar-refractivity contribution is 5.86. The van der Waals surface area contributed by atoms with Crippen molar-refractivity contribution in [3.8, 4) is 5.75 Å². The molecule has 7 nitrogen and oxygen atoms in total. The van der Waals surface area contributed by atoms with Gasteiger partial charge in [0.1, 0.15) is 17.4 Å². The standard InChI is InChI=1S/C23H29N3O4/c1-23(2,3)30-22(28)26-14-8-12-19(26)21(27)25-20(18-11-5-6-13-24-18)16-9-7-10-17(15-16)29-4/h5-7,9-11,13,15,19-20H,8,12,14H2,1-4H3,(H,25,27). The lowest BCUT2D eigenvalue weighted by Gasteiger charge is -2.29. The number of benzene rings is 1. The molecule has 0 aliphatic carbocycles. The molecular weight excluding hydrogens is 382 g/mol. The van der Waals surface area contributed by atoms with E-state index in [9.17, 15) is 9.59 Å². The van der Waals surface area contributed by atoms with E-state index in [2.05, 4.69) is 10.3 Å². The van der Waals surface area contributed by atoms with E-state index >= 15 is 0 Å². The van der Waals surface area contributed by atoms with Crippen molar-refractivity contribution in [2.24, 2.45) is 0 Å². The molecule has 2 amide bonds. The van der Waals surface area contributed by atoms with E-state index in [1.807, 2.05) is 63.2 Å². The molecule has 1 aromatic heterocycles. The smallest absolute Gasteiger partial charge is 0.410 e. The molecule has 7 heteroatoms. The minimum atomic E-state index is -0.613. The molecule has 1 saturated heterocycles. The van der Waals surface area contributed by atoms with Gasteiger partial charge in [0.15, 0.2) is 0 Å². The Labute approximate surface area is 177 Å².